The smallest absolute Gasteiger partial charge is 0.267 e. The molecule has 5 nitrogen and oxygen atoms in total. The van der Waals surface area contributed by atoms with Crippen molar-refractivity contribution < 1.29 is 4.79 Å². The van der Waals surface area contributed by atoms with Crippen LogP contribution in [0.4, 0.5) is 5.69 Å². The lowest BCUT2D eigenvalue weighted by Crippen LogP contribution is -2.29. The van der Waals surface area contributed by atoms with Gasteiger partial charge in [-0.05, 0) is 41.5 Å². The van der Waals surface area contributed by atoms with Crippen molar-refractivity contribution in [2.75, 3.05) is 5.32 Å². The molecule has 6 heteroatoms. The molecule has 0 saturated heterocycles. The van der Waals surface area contributed by atoms with Crippen LogP contribution in [0.1, 0.15) is 5.56 Å². The van der Waals surface area contributed by atoms with Gasteiger partial charge in [0.05, 0.1) is 5.69 Å². The third kappa shape index (κ3) is 4.05. The summed E-state index contributed by atoms with van der Waals surface area (Å²) in [5, 5.41) is 9.87. The van der Waals surface area contributed by atoms with Crippen molar-refractivity contribution in [2.24, 2.45) is 0 Å². The number of nitrogens with one attached hydrogen (secondary N) is 1. The first-order valence-corrected chi connectivity index (χ1v) is 9.51. The van der Waals surface area contributed by atoms with Gasteiger partial charge in [-0.15, -0.1) is 0 Å². The summed E-state index contributed by atoms with van der Waals surface area (Å²) in [5.41, 5.74) is 2.69. The highest BCUT2D eigenvalue weighted by Gasteiger charge is 2.11. The standard InChI is InChI=1S/C23H18ClN3O2/c1-15-9-10-17(24)13-21(15)25-22(28)14-27-23(29)12-11-20(26-27)19-8-4-6-16-5-2-3-7-18(16)19/h2-13H,14H2,1H3,(H,25,28). The summed E-state index contributed by atoms with van der Waals surface area (Å²) in [5.74, 6) is -0.347. The molecule has 29 heavy (non-hydrogen) atoms. The van der Waals surface area contributed by atoms with Crippen LogP contribution in [0.2, 0.25) is 5.02 Å². The Morgan fingerprint density at radius 1 is 1.03 bits per heavy atom. The lowest BCUT2D eigenvalue weighted by molar-refractivity contribution is -0.117. The predicted molar refractivity (Wildman–Crippen MR) is 116 cm³/mol. The number of hydrogen-bond donors (Lipinski definition) is 1. The predicted octanol–water partition coefficient (Wildman–Crippen LogP) is 4.66. The van der Waals surface area contributed by atoms with Gasteiger partial charge in [0.15, 0.2) is 0 Å². The quantitative estimate of drug-likeness (QED) is 0.538. The van der Waals surface area contributed by atoms with Crippen LogP contribution in [0.25, 0.3) is 22.0 Å². The molecule has 3 aromatic carbocycles. The minimum absolute atomic E-state index is 0.191. The van der Waals surface area contributed by atoms with E-state index in [1.54, 1.807) is 18.2 Å². The molecule has 0 bridgehead atoms. The zero-order valence-electron chi connectivity index (χ0n) is 15.7. The van der Waals surface area contributed by atoms with E-state index in [9.17, 15) is 9.59 Å². The molecule has 0 radical (unpaired) electrons. The lowest BCUT2D eigenvalue weighted by Gasteiger charge is -2.11. The van der Waals surface area contributed by atoms with E-state index in [0.717, 1.165) is 21.9 Å². The van der Waals surface area contributed by atoms with Crippen molar-refractivity contribution >= 4 is 34.0 Å². The molecule has 0 atom stereocenters. The highest BCUT2D eigenvalue weighted by Crippen LogP contribution is 2.26. The van der Waals surface area contributed by atoms with Gasteiger partial charge in [0.25, 0.3) is 5.56 Å². The molecule has 1 N–H and O–H groups in total. The van der Waals surface area contributed by atoms with E-state index >= 15 is 0 Å². The van der Waals surface area contributed by atoms with Gasteiger partial charge in [-0.25, -0.2) is 4.68 Å². The molecule has 0 aliphatic heterocycles. The Hall–Kier alpha value is -3.44. The second-order valence-corrected chi connectivity index (χ2v) is 7.19. The Morgan fingerprint density at radius 2 is 1.83 bits per heavy atom. The minimum atomic E-state index is -0.347. The van der Waals surface area contributed by atoms with Gasteiger partial charge in [-0.3, -0.25) is 9.59 Å². The number of hydrogen-bond acceptors (Lipinski definition) is 3. The number of aryl methyl sites for hydroxylation is 1. The first kappa shape index (κ1) is 18.9. The van der Waals surface area contributed by atoms with Crippen molar-refractivity contribution in [3.8, 4) is 11.3 Å². The molecule has 1 aromatic heterocycles. The summed E-state index contributed by atoms with van der Waals surface area (Å²) in [6.45, 7) is 1.68. The van der Waals surface area contributed by atoms with Crippen LogP contribution in [0.3, 0.4) is 0 Å². The monoisotopic (exact) mass is 403 g/mol. The maximum absolute atomic E-state index is 12.5. The zero-order chi connectivity index (χ0) is 20.4. The first-order chi connectivity index (χ1) is 14.0. The summed E-state index contributed by atoms with van der Waals surface area (Å²) >= 11 is 6.00. The number of anilines is 1. The molecule has 1 heterocycles. The SMILES string of the molecule is Cc1ccc(Cl)cc1NC(=O)Cn1nc(-c2cccc3ccccc23)ccc1=O. The van der Waals surface area contributed by atoms with E-state index in [-0.39, 0.29) is 18.0 Å². The summed E-state index contributed by atoms with van der Waals surface area (Å²) in [6.07, 6.45) is 0. The zero-order valence-corrected chi connectivity index (χ0v) is 16.5. The fraction of sp³-hybridized carbons (Fsp3) is 0.0870. The van der Waals surface area contributed by atoms with Crippen LogP contribution in [0, 0.1) is 6.92 Å². The van der Waals surface area contributed by atoms with E-state index in [4.69, 9.17) is 11.6 Å². The van der Waals surface area contributed by atoms with Gasteiger partial charge in [-0.2, -0.15) is 5.10 Å². The fourth-order valence-corrected chi connectivity index (χ4v) is 3.38. The van der Waals surface area contributed by atoms with Crippen molar-refractivity contribution in [2.45, 2.75) is 13.5 Å². The van der Waals surface area contributed by atoms with Crippen LogP contribution in [-0.4, -0.2) is 15.7 Å². The number of benzene rings is 3. The topological polar surface area (TPSA) is 64.0 Å². The maximum Gasteiger partial charge on any atom is 0.267 e. The average molecular weight is 404 g/mol. The van der Waals surface area contributed by atoms with Gasteiger partial charge < -0.3 is 5.32 Å². The van der Waals surface area contributed by atoms with Gasteiger partial charge >= 0.3 is 0 Å². The summed E-state index contributed by atoms with van der Waals surface area (Å²) in [6, 6.07) is 22.3. The number of amides is 1. The lowest BCUT2D eigenvalue weighted by atomic mass is 10.0. The number of halogens is 1. The second-order valence-electron chi connectivity index (χ2n) is 6.75. The fourth-order valence-electron chi connectivity index (χ4n) is 3.21. The van der Waals surface area contributed by atoms with Crippen molar-refractivity contribution in [3.63, 3.8) is 0 Å². The third-order valence-electron chi connectivity index (χ3n) is 4.70. The molecule has 144 valence electrons. The molecule has 0 aliphatic carbocycles. The normalized spacial score (nSPS) is 10.8. The minimum Gasteiger partial charge on any atom is -0.324 e. The largest absolute Gasteiger partial charge is 0.324 e. The molecule has 4 rings (SSSR count). The van der Waals surface area contributed by atoms with E-state index < -0.39 is 0 Å². The Bertz CT molecular complexity index is 1280. The van der Waals surface area contributed by atoms with Crippen LogP contribution in [0.5, 0.6) is 0 Å². The Balaban J connectivity index is 1.64. The number of fused-ring (bicyclic) bond motifs is 1. The summed E-state index contributed by atoms with van der Waals surface area (Å²) in [4.78, 5) is 24.8. The Morgan fingerprint density at radius 3 is 2.69 bits per heavy atom. The van der Waals surface area contributed by atoms with Crippen LogP contribution < -0.4 is 10.9 Å². The van der Waals surface area contributed by atoms with Crippen LogP contribution in [0.15, 0.2) is 77.6 Å². The average Bonchev–Trinajstić information content (AvgIpc) is 2.72. The van der Waals surface area contributed by atoms with Gasteiger partial charge in [0.1, 0.15) is 6.54 Å². The highest BCUT2D eigenvalue weighted by molar-refractivity contribution is 6.31. The molecule has 1 amide bonds. The number of aromatic nitrogens is 2. The second kappa shape index (κ2) is 7.89. The third-order valence-corrected chi connectivity index (χ3v) is 4.93. The number of carbonyl (C=O) groups is 1. The molecule has 0 saturated carbocycles. The van der Waals surface area contributed by atoms with E-state index in [1.165, 1.54) is 10.7 Å². The molecule has 0 spiro atoms. The molecule has 0 fully saturated rings. The van der Waals surface area contributed by atoms with Crippen LogP contribution >= 0.6 is 11.6 Å². The highest BCUT2D eigenvalue weighted by atomic mass is 35.5. The number of carbonyl (C=O) groups excluding carboxylic acids is 1. The molecule has 0 unspecified atom stereocenters. The molecule has 4 aromatic rings. The van der Waals surface area contributed by atoms with Gasteiger partial charge in [0, 0.05) is 22.3 Å². The van der Waals surface area contributed by atoms with E-state index in [2.05, 4.69) is 10.4 Å². The Kier molecular flexibility index (Phi) is 5.14. The van der Waals surface area contributed by atoms with Gasteiger partial charge in [0.2, 0.25) is 5.91 Å². The van der Waals surface area contributed by atoms with Crippen molar-refractivity contribution in [1.82, 2.24) is 9.78 Å². The van der Waals surface area contributed by atoms with E-state index in [0.29, 0.717) is 16.4 Å². The first-order valence-electron chi connectivity index (χ1n) is 9.13. The van der Waals surface area contributed by atoms with Crippen LogP contribution in [-0.2, 0) is 11.3 Å². The van der Waals surface area contributed by atoms with Crippen molar-refractivity contribution in [3.05, 3.63) is 93.7 Å². The number of nitrogens with zero attached hydrogens (tertiary/aromatic N) is 2. The maximum atomic E-state index is 12.5. The Labute approximate surface area is 172 Å². The van der Waals surface area contributed by atoms with E-state index in [1.807, 2.05) is 55.5 Å². The molecular weight excluding hydrogens is 386 g/mol. The van der Waals surface area contributed by atoms with Gasteiger partial charge in [-0.1, -0.05) is 60.1 Å². The molecular formula is C23H18ClN3O2. The summed E-state index contributed by atoms with van der Waals surface area (Å²) < 4.78 is 1.17. The summed E-state index contributed by atoms with van der Waals surface area (Å²) in [7, 11) is 0. The molecule has 0 aliphatic rings. The number of rotatable bonds is 4. The van der Waals surface area contributed by atoms with Crippen molar-refractivity contribution in [1.29, 1.82) is 0 Å².